The topological polar surface area (TPSA) is 161 Å². The van der Waals surface area contributed by atoms with Gasteiger partial charge < -0.3 is 18.9 Å². The zero-order valence-electron chi connectivity index (χ0n) is 39.6. The van der Waals surface area contributed by atoms with Gasteiger partial charge in [0.25, 0.3) is 6.10 Å². The summed E-state index contributed by atoms with van der Waals surface area (Å²) in [4.78, 5) is 20.5. The van der Waals surface area contributed by atoms with E-state index in [0.717, 1.165) is 19.3 Å². The van der Waals surface area contributed by atoms with Gasteiger partial charge in [0.15, 0.2) is 49.6 Å². The van der Waals surface area contributed by atoms with Crippen molar-refractivity contribution in [3.8, 4) is 0 Å². The Bertz CT molecular complexity index is 2680. The smallest absolute Gasteiger partial charge is 0.432 e. The summed E-state index contributed by atoms with van der Waals surface area (Å²) >= 11 is 0. The van der Waals surface area contributed by atoms with Crippen LogP contribution in [0.3, 0.4) is 0 Å². The monoisotopic (exact) mass is 1150 g/mol. The molecule has 2 unspecified atom stereocenters. The predicted molar refractivity (Wildman–Crippen MR) is 261 cm³/mol. The first-order valence-corrected chi connectivity index (χ1v) is 28.3. The van der Waals surface area contributed by atoms with Crippen molar-refractivity contribution >= 4 is 48.0 Å². The van der Waals surface area contributed by atoms with Gasteiger partial charge in [0.2, 0.25) is 6.10 Å². The lowest BCUT2D eigenvalue weighted by molar-refractivity contribution is -0.266. The Morgan fingerprint density at radius 1 is 0.461 bits per heavy atom. The quantitative estimate of drug-likeness (QED) is 0.0544. The summed E-state index contributed by atoms with van der Waals surface area (Å²) in [5, 5.41) is -3.77. The van der Waals surface area contributed by atoms with Gasteiger partial charge in [0.1, 0.15) is 0 Å². The number of carbonyl (C=O) groups excluding carboxylic acids is 1. The molecule has 0 aromatic heterocycles. The molecule has 4 aliphatic carbocycles. The fourth-order valence-electron chi connectivity index (χ4n) is 9.53. The lowest BCUT2D eigenvalue weighted by Gasteiger charge is -2.55. The first-order valence-electron chi connectivity index (χ1n) is 23.0. The van der Waals surface area contributed by atoms with E-state index in [1.165, 1.54) is 29.4 Å². The minimum atomic E-state index is -6.67. The van der Waals surface area contributed by atoms with Crippen molar-refractivity contribution in [2.24, 2.45) is 23.2 Å². The van der Waals surface area contributed by atoms with Gasteiger partial charge >= 0.3 is 28.8 Å². The van der Waals surface area contributed by atoms with E-state index in [2.05, 4.69) is 187 Å². The van der Waals surface area contributed by atoms with Crippen LogP contribution in [0, 0.1) is 23.2 Å². The van der Waals surface area contributed by atoms with Crippen molar-refractivity contribution in [3.05, 3.63) is 182 Å². The third kappa shape index (κ3) is 14.8. The fraction of sp³-hybridized carbons (Fsp3) is 0.302. The highest BCUT2D eigenvalue weighted by molar-refractivity contribution is 7.97. The van der Waals surface area contributed by atoms with Gasteiger partial charge in [-0.3, -0.25) is 4.79 Å². The molecule has 4 saturated carbocycles. The molecular formula is C53H48F10O9S4. The number of esters is 1. The van der Waals surface area contributed by atoms with Crippen LogP contribution in [0.4, 0.5) is 43.9 Å². The standard InChI is InChI=1S/2C18H15S.C14H17F5O5S.C3H3F5O4S/c2*1-4-10-16(11-5-1)19(17-12-6-2-7-13-17)18-14-8-3-9-15-18;15-13(16,17)10(14(18,19)25(21,22)23)24-11(20)12-4-7-1-8(5-12)3-9(2-7)6-12;4-2(5,6)1(9)3(7,8)13(10,11)12/h2*1-15H;7-10H,1-6H2,(H,21,22,23);1,9H,(H,10,11,12)/q2*+1;;/p-2. The van der Waals surface area contributed by atoms with E-state index in [1.807, 2.05) is 0 Å². The van der Waals surface area contributed by atoms with E-state index in [9.17, 15) is 74.6 Å². The lowest BCUT2D eigenvalue weighted by atomic mass is 9.49. The molecule has 0 aliphatic heterocycles. The Morgan fingerprint density at radius 3 is 0.882 bits per heavy atom. The maximum absolute atomic E-state index is 13.5. The average Bonchev–Trinajstić information content (AvgIpc) is 3.36. The van der Waals surface area contributed by atoms with Crippen molar-refractivity contribution in [3.63, 3.8) is 0 Å². The van der Waals surface area contributed by atoms with Crippen molar-refractivity contribution in [1.29, 1.82) is 0 Å². The molecule has 0 amide bonds. The second-order valence-corrected chi connectivity index (χ2v) is 24.9. The minimum Gasteiger partial charge on any atom is -0.743 e. The van der Waals surface area contributed by atoms with Crippen LogP contribution >= 0.6 is 0 Å². The number of alkyl halides is 10. The molecule has 9 nitrogen and oxygen atoms in total. The third-order valence-corrected chi connectivity index (χ3v) is 18.7. The molecule has 76 heavy (non-hydrogen) atoms. The molecule has 0 radical (unpaired) electrons. The molecule has 0 spiro atoms. The van der Waals surface area contributed by atoms with Gasteiger partial charge in [-0.2, -0.15) is 43.9 Å². The molecule has 2 atom stereocenters. The number of hydrogen-bond donors (Lipinski definition) is 1. The molecular weight excluding hydrogens is 1100 g/mol. The van der Waals surface area contributed by atoms with Crippen LogP contribution in [0.5, 0.6) is 0 Å². The highest BCUT2D eigenvalue weighted by Crippen LogP contribution is 2.61. The zero-order valence-corrected chi connectivity index (χ0v) is 42.8. The zero-order chi connectivity index (χ0) is 55.7. The molecule has 6 aromatic carbocycles. The number of aliphatic hydroxyl groups excluding tert-OH is 1. The van der Waals surface area contributed by atoms with Gasteiger partial charge in [0, 0.05) is 0 Å². The highest BCUT2D eigenvalue weighted by Gasteiger charge is 2.65. The number of benzene rings is 6. The SMILES string of the molecule is O=C(OC(C(F)(F)F)C(F)(F)S(=O)(=O)[O-])C12CC3CC(CC(C3)C1)C2.O=S(=O)([O-])C(F)(F)C(O)C(F)(F)F.c1ccc([S+](c2ccccc2)c2ccccc2)cc1.c1ccc([S+](c2ccccc2)c2ccccc2)cc1. The molecule has 4 aliphatic rings. The van der Waals surface area contributed by atoms with Crippen LogP contribution in [0.25, 0.3) is 0 Å². The summed E-state index contributed by atoms with van der Waals surface area (Å²) in [5.41, 5.74) is -1.29. The van der Waals surface area contributed by atoms with Crippen molar-refractivity contribution < 1.29 is 84.5 Å². The largest absolute Gasteiger partial charge is 0.743 e. The number of carbonyl (C=O) groups is 1. The Balaban J connectivity index is 0.000000169. The van der Waals surface area contributed by atoms with Gasteiger partial charge in [-0.15, -0.1) is 0 Å². The lowest BCUT2D eigenvalue weighted by Crippen LogP contribution is -2.56. The van der Waals surface area contributed by atoms with E-state index < -0.39 is 66.7 Å². The second-order valence-electron chi connectivity index (χ2n) is 18.0. The van der Waals surface area contributed by atoms with Crippen molar-refractivity contribution in [1.82, 2.24) is 0 Å². The van der Waals surface area contributed by atoms with Crippen LogP contribution in [0.15, 0.2) is 211 Å². The Morgan fingerprint density at radius 2 is 0.697 bits per heavy atom. The van der Waals surface area contributed by atoms with Crippen molar-refractivity contribution in [2.45, 2.75) is 103 Å². The molecule has 0 heterocycles. The first kappa shape index (κ1) is 59.8. The summed E-state index contributed by atoms with van der Waals surface area (Å²) in [7, 11) is -13.2. The first-order chi connectivity index (χ1) is 35.5. The second kappa shape index (κ2) is 24.5. The van der Waals surface area contributed by atoms with E-state index in [-0.39, 0.29) is 58.8 Å². The number of aliphatic hydroxyl groups is 1. The fourth-order valence-corrected chi connectivity index (χ4v) is 14.6. The third-order valence-electron chi connectivity index (χ3n) is 12.5. The molecule has 0 saturated heterocycles. The normalized spacial score (nSPS) is 20.2. The van der Waals surface area contributed by atoms with Crippen LogP contribution in [0.1, 0.15) is 38.5 Å². The van der Waals surface area contributed by atoms with Crippen LogP contribution in [-0.2, 0) is 51.6 Å². The highest BCUT2D eigenvalue weighted by atomic mass is 32.2. The number of hydrogen-bond acceptors (Lipinski definition) is 9. The molecule has 23 heteroatoms. The molecule has 1 N–H and O–H groups in total. The van der Waals surface area contributed by atoms with E-state index in [1.54, 1.807) is 0 Å². The number of rotatable bonds is 12. The summed E-state index contributed by atoms with van der Waals surface area (Å²) in [6, 6.07) is 64.3. The van der Waals surface area contributed by atoms with Crippen LogP contribution < -0.4 is 0 Å². The minimum absolute atomic E-state index is 0.0146. The summed E-state index contributed by atoms with van der Waals surface area (Å²) in [6.45, 7) is 0. The van der Waals surface area contributed by atoms with Crippen molar-refractivity contribution in [2.75, 3.05) is 0 Å². The van der Waals surface area contributed by atoms with Gasteiger partial charge in [0.05, 0.1) is 27.2 Å². The van der Waals surface area contributed by atoms with Gasteiger partial charge in [-0.1, -0.05) is 109 Å². The van der Waals surface area contributed by atoms with E-state index in [4.69, 9.17) is 5.11 Å². The van der Waals surface area contributed by atoms with E-state index >= 15 is 0 Å². The van der Waals surface area contributed by atoms with Crippen LogP contribution in [0.2, 0.25) is 0 Å². The molecule has 10 rings (SSSR count). The van der Waals surface area contributed by atoms with Crippen LogP contribution in [-0.4, -0.2) is 72.1 Å². The average molecular weight is 1150 g/mol. The molecule has 408 valence electrons. The molecule has 4 bridgehead atoms. The Kier molecular flexibility index (Phi) is 19.3. The Hall–Kier alpha value is -5.43. The predicted octanol–water partition coefficient (Wildman–Crippen LogP) is 12.4. The summed E-state index contributed by atoms with van der Waals surface area (Å²) < 4.78 is 188. The van der Waals surface area contributed by atoms with Gasteiger partial charge in [-0.05, 0) is 129 Å². The van der Waals surface area contributed by atoms with Gasteiger partial charge in [-0.25, -0.2) is 16.8 Å². The summed E-state index contributed by atoms with van der Waals surface area (Å²) in [6.07, 6.45) is -17.3. The Labute approximate surface area is 438 Å². The molecule has 4 fully saturated rings. The number of halogens is 10. The maximum Gasteiger partial charge on any atom is 0.432 e. The summed E-state index contributed by atoms with van der Waals surface area (Å²) in [5.74, 6) is -1.08. The van der Waals surface area contributed by atoms with E-state index in [0.29, 0.717) is 0 Å². The number of ether oxygens (including phenoxy) is 1. The maximum atomic E-state index is 13.5. The molecule has 6 aromatic rings.